The van der Waals surface area contributed by atoms with E-state index in [2.05, 4.69) is 21.1 Å². The maximum absolute atomic E-state index is 12.3. The summed E-state index contributed by atoms with van der Waals surface area (Å²) in [6.45, 7) is 4.31. The van der Waals surface area contributed by atoms with Crippen molar-refractivity contribution in [3.8, 4) is 0 Å². The van der Waals surface area contributed by atoms with E-state index in [4.69, 9.17) is 10.9 Å². The van der Waals surface area contributed by atoms with E-state index in [1.165, 1.54) is 11.3 Å². The second kappa shape index (κ2) is 6.75. The Morgan fingerprint density at radius 3 is 2.72 bits per heavy atom. The largest absolute Gasteiger partial charge is 0.409 e. The predicted molar refractivity (Wildman–Crippen MR) is 76.2 cm³/mol. The van der Waals surface area contributed by atoms with Gasteiger partial charge in [-0.25, -0.2) is 0 Å². The van der Waals surface area contributed by atoms with Gasteiger partial charge < -0.3 is 15.8 Å². The molecule has 0 aliphatic carbocycles. The van der Waals surface area contributed by atoms with E-state index in [1.807, 2.05) is 19.9 Å². The summed E-state index contributed by atoms with van der Waals surface area (Å²) in [5.41, 5.74) is 5.42. The van der Waals surface area contributed by atoms with Gasteiger partial charge in [0.05, 0.1) is 8.66 Å². The smallest absolute Gasteiger partial charge is 0.264 e. The van der Waals surface area contributed by atoms with Gasteiger partial charge in [0.15, 0.2) is 0 Å². The van der Waals surface area contributed by atoms with Gasteiger partial charge in [0.1, 0.15) is 5.84 Å². The van der Waals surface area contributed by atoms with Crippen LogP contribution in [0, 0.1) is 0 Å². The highest BCUT2D eigenvalue weighted by Gasteiger charge is 2.20. The van der Waals surface area contributed by atoms with E-state index < -0.39 is 0 Å². The Bertz CT molecular complexity index is 445. The normalized spacial score (nSPS) is 11.9. The van der Waals surface area contributed by atoms with Gasteiger partial charge in [-0.2, -0.15) is 0 Å². The van der Waals surface area contributed by atoms with Crippen molar-refractivity contribution in [3.63, 3.8) is 0 Å². The van der Waals surface area contributed by atoms with Crippen molar-refractivity contribution in [2.75, 3.05) is 6.54 Å². The first-order valence-corrected chi connectivity index (χ1v) is 7.09. The topological polar surface area (TPSA) is 78.9 Å². The lowest BCUT2D eigenvalue weighted by molar-refractivity contribution is 0.0716. The number of carbonyl (C=O) groups is 1. The minimum Gasteiger partial charge on any atom is -0.409 e. The lowest BCUT2D eigenvalue weighted by atomic mass is 10.2. The molecule has 1 aromatic heterocycles. The number of hydrogen-bond donors (Lipinski definition) is 2. The quantitative estimate of drug-likeness (QED) is 0.376. The van der Waals surface area contributed by atoms with Crippen LogP contribution < -0.4 is 5.73 Å². The summed E-state index contributed by atoms with van der Waals surface area (Å²) < 4.78 is 0.922. The zero-order valence-corrected chi connectivity index (χ0v) is 12.7. The predicted octanol–water partition coefficient (Wildman–Crippen LogP) is 2.50. The summed E-state index contributed by atoms with van der Waals surface area (Å²) in [4.78, 5) is 14.7. The molecule has 18 heavy (non-hydrogen) atoms. The fourth-order valence-corrected chi connectivity index (χ4v) is 2.79. The molecule has 1 rings (SSSR count). The summed E-state index contributed by atoms with van der Waals surface area (Å²) in [5, 5.41) is 11.4. The fourth-order valence-electron chi connectivity index (χ4n) is 1.45. The van der Waals surface area contributed by atoms with E-state index in [9.17, 15) is 4.79 Å². The molecule has 0 atom stereocenters. The van der Waals surface area contributed by atoms with Crippen molar-refractivity contribution in [1.82, 2.24) is 4.90 Å². The Balaban J connectivity index is 2.76. The Hall–Kier alpha value is -1.08. The van der Waals surface area contributed by atoms with Crippen LogP contribution in [0.4, 0.5) is 0 Å². The molecule has 0 bridgehead atoms. The standard InChI is InChI=1S/C11H16BrN3O2S/c1-7(2)15(6-5-10(13)14-17)11(16)8-3-4-9(12)18-8/h3-4,7,17H,5-6H2,1-2H3,(H2,13,14). The molecule has 0 saturated heterocycles. The van der Waals surface area contributed by atoms with E-state index >= 15 is 0 Å². The van der Waals surface area contributed by atoms with Crippen molar-refractivity contribution in [1.29, 1.82) is 0 Å². The molecule has 0 spiro atoms. The van der Waals surface area contributed by atoms with Crippen LogP contribution in [0.1, 0.15) is 29.9 Å². The molecule has 3 N–H and O–H groups in total. The first-order valence-electron chi connectivity index (χ1n) is 5.48. The third-order valence-corrected chi connectivity index (χ3v) is 4.02. The minimum absolute atomic E-state index is 0.0357. The number of oxime groups is 1. The van der Waals surface area contributed by atoms with Crippen LogP contribution in [0.15, 0.2) is 21.1 Å². The molecule has 0 radical (unpaired) electrons. The summed E-state index contributed by atoms with van der Waals surface area (Å²) in [6.07, 6.45) is 0.354. The number of nitrogens with two attached hydrogens (primary N) is 1. The molecule has 1 amide bonds. The molecule has 0 unspecified atom stereocenters. The van der Waals surface area contributed by atoms with Gasteiger partial charge in [-0.3, -0.25) is 4.79 Å². The van der Waals surface area contributed by atoms with Gasteiger partial charge in [0.25, 0.3) is 5.91 Å². The molecule has 100 valence electrons. The van der Waals surface area contributed by atoms with Gasteiger partial charge in [-0.15, -0.1) is 11.3 Å². The highest BCUT2D eigenvalue weighted by atomic mass is 79.9. The Labute approximate surface area is 118 Å². The highest BCUT2D eigenvalue weighted by Crippen LogP contribution is 2.24. The summed E-state index contributed by atoms with van der Waals surface area (Å²) in [6, 6.07) is 3.69. The number of rotatable bonds is 5. The molecule has 0 aliphatic heterocycles. The van der Waals surface area contributed by atoms with Crippen LogP contribution in [-0.4, -0.2) is 34.4 Å². The molecule has 0 aromatic carbocycles. The number of hydrogen-bond acceptors (Lipinski definition) is 4. The zero-order chi connectivity index (χ0) is 13.7. The van der Waals surface area contributed by atoms with Crippen molar-refractivity contribution in [3.05, 3.63) is 20.8 Å². The van der Waals surface area contributed by atoms with Crippen LogP contribution in [-0.2, 0) is 0 Å². The van der Waals surface area contributed by atoms with Crippen molar-refractivity contribution >= 4 is 39.0 Å². The monoisotopic (exact) mass is 333 g/mol. The second-order valence-corrected chi connectivity index (χ2v) is 6.50. The summed E-state index contributed by atoms with van der Waals surface area (Å²) in [7, 11) is 0. The van der Waals surface area contributed by atoms with Crippen LogP contribution in [0.2, 0.25) is 0 Å². The average molecular weight is 334 g/mol. The van der Waals surface area contributed by atoms with E-state index in [0.29, 0.717) is 17.8 Å². The van der Waals surface area contributed by atoms with Crippen LogP contribution >= 0.6 is 27.3 Å². The third kappa shape index (κ3) is 3.99. The molecule has 0 fully saturated rings. The Kier molecular flexibility index (Phi) is 5.61. The van der Waals surface area contributed by atoms with E-state index in [0.717, 1.165) is 3.79 Å². The highest BCUT2D eigenvalue weighted by molar-refractivity contribution is 9.11. The lowest BCUT2D eigenvalue weighted by Gasteiger charge is -2.26. The molecule has 5 nitrogen and oxygen atoms in total. The van der Waals surface area contributed by atoms with Crippen LogP contribution in [0.25, 0.3) is 0 Å². The molecular formula is C11H16BrN3O2S. The van der Waals surface area contributed by atoms with Gasteiger partial charge in [-0.1, -0.05) is 5.16 Å². The van der Waals surface area contributed by atoms with Gasteiger partial charge in [0, 0.05) is 19.0 Å². The molecule has 1 aromatic rings. The second-order valence-electron chi connectivity index (χ2n) is 4.04. The maximum atomic E-state index is 12.3. The first kappa shape index (κ1) is 15.0. The van der Waals surface area contributed by atoms with Gasteiger partial charge in [-0.05, 0) is 41.9 Å². The summed E-state index contributed by atoms with van der Waals surface area (Å²) in [5.74, 6) is 0.0900. The number of nitrogens with zero attached hydrogens (tertiary/aromatic N) is 2. The number of amides is 1. The number of carbonyl (C=O) groups excluding carboxylic acids is 1. The van der Waals surface area contributed by atoms with E-state index in [1.54, 1.807) is 11.0 Å². The third-order valence-electron chi connectivity index (χ3n) is 2.41. The molecule has 1 heterocycles. The minimum atomic E-state index is -0.0357. The van der Waals surface area contributed by atoms with Crippen LogP contribution in [0.3, 0.4) is 0 Å². The number of thiophene rings is 1. The maximum Gasteiger partial charge on any atom is 0.264 e. The first-order chi connectivity index (χ1) is 8.45. The van der Waals surface area contributed by atoms with Crippen molar-refractivity contribution in [2.24, 2.45) is 10.9 Å². The van der Waals surface area contributed by atoms with Crippen molar-refractivity contribution in [2.45, 2.75) is 26.3 Å². The molecule has 0 aliphatic rings. The average Bonchev–Trinajstić information content (AvgIpc) is 2.75. The van der Waals surface area contributed by atoms with Crippen LogP contribution in [0.5, 0.6) is 0 Å². The van der Waals surface area contributed by atoms with Crippen molar-refractivity contribution < 1.29 is 10.0 Å². The number of amidine groups is 1. The Morgan fingerprint density at radius 2 is 2.28 bits per heavy atom. The SMILES string of the molecule is CC(C)N(CC/C(N)=N/O)C(=O)c1ccc(Br)s1. The van der Waals surface area contributed by atoms with E-state index in [-0.39, 0.29) is 17.8 Å². The fraction of sp³-hybridized carbons (Fsp3) is 0.455. The Morgan fingerprint density at radius 1 is 1.61 bits per heavy atom. The molecular weight excluding hydrogens is 318 g/mol. The summed E-state index contributed by atoms with van der Waals surface area (Å²) >= 11 is 4.73. The zero-order valence-electron chi connectivity index (χ0n) is 10.3. The number of halogens is 1. The van der Waals surface area contributed by atoms with Gasteiger partial charge in [0.2, 0.25) is 0 Å². The molecule has 0 saturated carbocycles. The lowest BCUT2D eigenvalue weighted by Crippen LogP contribution is -2.38. The van der Waals surface area contributed by atoms with Gasteiger partial charge >= 0.3 is 0 Å². The molecule has 7 heteroatoms.